The van der Waals surface area contributed by atoms with Gasteiger partial charge in [0.15, 0.2) is 11.5 Å². The summed E-state index contributed by atoms with van der Waals surface area (Å²) in [7, 11) is 0. The van der Waals surface area contributed by atoms with Crippen LogP contribution in [0.2, 0.25) is 0 Å². The van der Waals surface area contributed by atoms with Gasteiger partial charge in [0.05, 0.1) is 5.92 Å². The van der Waals surface area contributed by atoms with Crippen LogP contribution in [0.4, 0.5) is 0 Å². The molecule has 0 atom stereocenters. The third-order valence-corrected chi connectivity index (χ3v) is 5.36. The van der Waals surface area contributed by atoms with Crippen LogP contribution in [0.25, 0.3) is 0 Å². The van der Waals surface area contributed by atoms with Gasteiger partial charge in [0.25, 0.3) is 5.91 Å². The molecule has 6 heteroatoms. The Balaban J connectivity index is 1.29. The molecular weight excluding hydrogens is 320 g/mol. The molecule has 4 rings (SSSR count). The molecule has 6 nitrogen and oxygen atoms in total. The van der Waals surface area contributed by atoms with Crippen molar-refractivity contribution in [2.75, 3.05) is 19.9 Å². The van der Waals surface area contributed by atoms with E-state index >= 15 is 0 Å². The van der Waals surface area contributed by atoms with E-state index in [4.69, 9.17) is 9.47 Å². The van der Waals surface area contributed by atoms with Crippen molar-refractivity contribution in [2.24, 2.45) is 5.92 Å². The number of rotatable bonds is 3. The van der Waals surface area contributed by atoms with Crippen molar-refractivity contribution in [1.82, 2.24) is 10.2 Å². The zero-order valence-electron chi connectivity index (χ0n) is 14.3. The molecule has 0 aromatic heterocycles. The van der Waals surface area contributed by atoms with Crippen LogP contribution in [0, 0.1) is 5.92 Å². The van der Waals surface area contributed by atoms with E-state index in [1.807, 2.05) is 0 Å². The second-order valence-corrected chi connectivity index (χ2v) is 7.17. The van der Waals surface area contributed by atoms with E-state index in [9.17, 15) is 9.59 Å². The highest BCUT2D eigenvalue weighted by atomic mass is 16.7. The van der Waals surface area contributed by atoms with Crippen LogP contribution in [-0.2, 0) is 4.79 Å². The molecular formula is C19H24N2O4. The van der Waals surface area contributed by atoms with Gasteiger partial charge in [0.1, 0.15) is 0 Å². The quantitative estimate of drug-likeness (QED) is 0.855. The van der Waals surface area contributed by atoms with Crippen LogP contribution in [0.15, 0.2) is 18.2 Å². The molecule has 0 unspecified atom stereocenters. The zero-order chi connectivity index (χ0) is 17.2. The van der Waals surface area contributed by atoms with Gasteiger partial charge in [-0.05, 0) is 31.0 Å². The van der Waals surface area contributed by atoms with E-state index in [0.717, 1.165) is 12.8 Å². The summed E-state index contributed by atoms with van der Waals surface area (Å²) in [5, 5.41) is 3.18. The van der Waals surface area contributed by atoms with Crippen molar-refractivity contribution in [1.29, 1.82) is 0 Å². The van der Waals surface area contributed by atoms with Crippen LogP contribution in [-0.4, -0.2) is 42.6 Å². The number of hydrogen-bond acceptors (Lipinski definition) is 4. The Labute approximate surface area is 147 Å². The van der Waals surface area contributed by atoms with Crippen molar-refractivity contribution in [3.05, 3.63) is 23.8 Å². The first-order chi connectivity index (χ1) is 12.2. The maximum atomic E-state index is 12.5. The smallest absolute Gasteiger partial charge is 0.254 e. The van der Waals surface area contributed by atoms with Gasteiger partial charge in [-0.1, -0.05) is 25.7 Å². The first-order valence-electron chi connectivity index (χ1n) is 9.20. The molecule has 0 bridgehead atoms. The summed E-state index contributed by atoms with van der Waals surface area (Å²) in [4.78, 5) is 26.6. The number of carbonyl (C=O) groups is 2. The van der Waals surface area contributed by atoms with Gasteiger partial charge in [-0.25, -0.2) is 0 Å². The fraction of sp³-hybridized carbons (Fsp3) is 0.579. The number of hydrogen-bond donors (Lipinski definition) is 1. The second-order valence-electron chi connectivity index (χ2n) is 7.17. The first kappa shape index (κ1) is 16.2. The van der Waals surface area contributed by atoms with Crippen molar-refractivity contribution in [3.8, 4) is 11.5 Å². The normalized spacial score (nSPS) is 20.7. The van der Waals surface area contributed by atoms with E-state index in [2.05, 4.69) is 5.32 Å². The molecule has 0 spiro atoms. The Kier molecular flexibility index (Phi) is 4.51. The van der Waals surface area contributed by atoms with Gasteiger partial charge in [-0.3, -0.25) is 9.59 Å². The molecule has 25 heavy (non-hydrogen) atoms. The summed E-state index contributed by atoms with van der Waals surface area (Å²) in [6, 6.07) is 5.53. The number of fused-ring (bicyclic) bond motifs is 1. The average molecular weight is 344 g/mol. The summed E-state index contributed by atoms with van der Waals surface area (Å²) in [6.45, 7) is 1.18. The lowest BCUT2D eigenvalue weighted by Gasteiger charge is -2.39. The van der Waals surface area contributed by atoms with Crippen LogP contribution >= 0.6 is 0 Å². The van der Waals surface area contributed by atoms with Gasteiger partial charge in [0.2, 0.25) is 12.7 Å². The molecule has 134 valence electrons. The van der Waals surface area contributed by atoms with Crippen molar-refractivity contribution in [2.45, 2.75) is 44.6 Å². The van der Waals surface area contributed by atoms with Crippen LogP contribution in [0.5, 0.6) is 11.5 Å². The van der Waals surface area contributed by atoms with Crippen molar-refractivity contribution < 1.29 is 19.1 Å². The minimum atomic E-state index is -0.0822. The minimum absolute atomic E-state index is 0.0585. The maximum Gasteiger partial charge on any atom is 0.254 e. The minimum Gasteiger partial charge on any atom is -0.454 e. The van der Waals surface area contributed by atoms with Crippen molar-refractivity contribution >= 4 is 11.8 Å². The Morgan fingerprint density at radius 1 is 1.00 bits per heavy atom. The van der Waals surface area contributed by atoms with E-state index in [-0.39, 0.29) is 24.5 Å². The molecule has 1 saturated carbocycles. The number of ether oxygens (including phenoxy) is 2. The standard InChI is InChI=1S/C19H24N2O4/c22-18(20-15-5-3-1-2-4-6-15)14-10-21(11-14)19(23)13-7-8-16-17(9-13)25-12-24-16/h7-9,14-15H,1-6,10-12H2,(H,20,22). The molecule has 1 saturated heterocycles. The molecule has 2 amide bonds. The molecule has 2 aliphatic heterocycles. The molecule has 1 N–H and O–H groups in total. The molecule has 3 aliphatic rings. The zero-order valence-corrected chi connectivity index (χ0v) is 14.3. The maximum absolute atomic E-state index is 12.5. The summed E-state index contributed by atoms with van der Waals surface area (Å²) < 4.78 is 10.6. The Morgan fingerprint density at radius 3 is 2.48 bits per heavy atom. The predicted molar refractivity (Wildman–Crippen MR) is 91.6 cm³/mol. The SMILES string of the molecule is O=C(NC1CCCCCC1)C1CN(C(=O)c2ccc3c(c2)OCO3)C1. The van der Waals surface area contributed by atoms with Crippen LogP contribution in [0.1, 0.15) is 48.9 Å². The summed E-state index contributed by atoms with van der Waals surface area (Å²) in [6.07, 6.45) is 7.10. The molecule has 2 fully saturated rings. The van der Waals surface area contributed by atoms with Gasteiger partial charge < -0.3 is 19.7 Å². The first-order valence-corrected chi connectivity index (χ1v) is 9.20. The van der Waals surface area contributed by atoms with Gasteiger partial charge in [-0.15, -0.1) is 0 Å². The topological polar surface area (TPSA) is 67.9 Å². The Bertz CT molecular complexity index is 661. The molecule has 1 aromatic rings. The highest BCUT2D eigenvalue weighted by Crippen LogP contribution is 2.33. The fourth-order valence-electron chi connectivity index (χ4n) is 3.77. The van der Waals surface area contributed by atoms with Gasteiger partial charge >= 0.3 is 0 Å². The number of benzene rings is 1. The Morgan fingerprint density at radius 2 is 1.72 bits per heavy atom. The third-order valence-electron chi connectivity index (χ3n) is 5.36. The molecule has 1 aromatic carbocycles. The number of nitrogens with zero attached hydrogens (tertiary/aromatic N) is 1. The third kappa shape index (κ3) is 3.43. The van der Waals surface area contributed by atoms with Crippen LogP contribution in [0.3, 0.4) is 0 Å². The van der Waals surface area contributed by atoms with E-state index in [0.29, 0.717) is 36.2 Å². The molecule has 2 heterocycles. The molecule has 1 aliphatic carbocycles. The highest BCUT2D eigenvalue weighted by Gasteiger charge is 2.37. The summed E-state index contributed by atoms with van der Waals surface area (Å²) in [5.74, 6) is 1.23. The lowest BCUT2D eigenvalue weighted by Crippen LogP contribution is -2.56. The van der Waals surface area contributed by atoms with E-state index in [1.54, 1.807) is 23.1 Å². The lowest BCUT2D eigenvalue weighted by atomic mass is 9.96. The summed E-state index contributed by atoms with van der Waals surface area (Å²) >= 11 is 0. The average Bonchev–Trinajstić information content (AvgIpc) is 2.89. The largest absolute Gasteiger partial charge is 0.454 e. The second kappa shape index (κ2) is 6.94. The monoisotopic (exact) mass is 344 g/mol. The highest BCUT2D eigenvalue weighted by molar-refractivity contribution is 5.96. The van der Waals surface area contributed by atoms with Gasteiger partial charge in [0, 0.05) is 24.7 Å². The van der Waals surface area contributed by atoms with E-state index in [1.165, 1.54) is 25.7 Å². The lowest BCUT2D eigenvalue weighted by molar-refractivity contribution is -0.129. The van der Waals surface area contributed by atoms with E-state index < -0.39 is 0 Å². The Hall–Kier alpha value is -2.24. The van der Waals surface area contributed by atoms with Gasteiger partial charge in [-0.2, -0.15) is 0 Å². The predicted octanol–water partition coefficient (Wildman–Crippen LogP) is 2.33. The number of carbonyl (C=O) groups excluding carboxylic acids is 2. The molecule has 0 radical (unpaired) electrons. The fourth-order valence-corrected chi connectivity index (χ4v) is 3.77. The number of amides is 2. The summed E-state index contributed by atoms with van der Waals surface area (Å²) in [5.41, 5.74) is 0.576. The van der Waals surface area contributed by atoms with Crippen molar-refractivity contribution in [3.63, 3.8) is 0 Å². The van der Waals surface area contributed by atoms with Crippen LogP contribution < -0.4 is 14.8 Å². The number of likely N-dealkylation sites (tertiary alicyclic amines) is 1. The number of nitrogens with one attached hydrogen (secondary N) is 1.